The Hall–Kier alpha value is -3.68. The number of carbonyl (C=O) groups excluding carboxylic acids is 1. The van der Waals surface area contributed by atoms with E-state index in [1.807, 2.05) is 0 Å². The van der Waals surface area contributed by atoms with Gasteiger partial charge in [0.1, 0.15) is 5.69 Å². The van der Waals surface area contributed by atoms with Crippen molar-refractivity contribution < 1.29 is 22.7 Å². The number of pyridine rings is 2. The van der Waals surface area contributed by atoms with Gasteiger partial charge in [0.2, 0.25) is 5.69 Å². The Morgan fingerprint density at radius 3 is 2.74 bits per heavy atom. The van der Waals surface area contributed by atoms with Crippen molar-refractivity contribution in [2.45, 2.75) is 37.6 Å². The molecule has 0 radical (unpaired) electrons. The molecule has 0 bridgehead atoms. The van der Waals surface area contributed by atoms with Crippen LogP contribution in [-0.2, 0) is 23.7 Å². The van der Waals surface area contributed by atoms with Crippen LogP contribution in [-0.4, -0.2) is 33.6 Å². The lowest BCUT2D eigenvalue weighted by Crippen LogP contribution is -2.47. The molecule has 0 amide bonds. The van der Waals surface area contributed by atoms with Gasteiger partial charge in [-0.1, -0.05) is 6.07 Å². The van der Waals surface area contributed by atoms with E-state index in [9.17, 15) is 22.8 Å². The molecule has 0 aliphatic carbocycles. The number of hydrogen-bond acceptors (Lipinski definition) is 6. The Kier molecular flexibility index (Phi) is 5.59. The molecule has 0 unspecified atom stereocenters. The third kappa shape index (κ3) is 4.58. The summed E-state index contributed by atoms with van der Waals surface area (Å²) in [6.45, 7) is 8.29. The average molecular weight is 433 g/mol. The van der Waals surface area contributed by atoms with Gasteiger partial charge >= 0.3 is 6.18 Å². The Balaban J connectivity index is 1.97. The second-order valence-electron chi connectivity index (χ2n) is 7.37. The first kappa shape index (κ1) is 22.0. The van der Waals surface area contributed by atoms with E-state index >= 15 is 0 Å². The van der Waals surface area contributed by atoms with E-state index in [4.69, 9.17) is 12.3 Å². The van der Waals surface area contributed by atoms with E-state index in [0.29, 0.717) is 5.56 Å². The summed E-state index contributed by atoms with van der Waals surface area (Å²) < 4.78 is 45.6. The number of aryl methyl sites for hydroxylation is 1. The molecule has 0 fully saturated rings. The van der Waals surface area contributed by atoms with Gasteiger partial charge < -0.3 is 15.0 Å². The number of Topliss-reactive ketones (excluding diaryl/α,β-unsaturated/α-hetero) is 1. The summed E-state index contributed by atoms with van der Waals surface area (Å²) in [6.07, 6.45) is -5.00. The molecule has 31 heavy (non-hydrogen) atoms. The first-order valence-corrected chi connectivity index (χ1v) is 9.08. The molecule has 2 N–H and O–H groups in total. The minimum absolute atomic E-state index is 0.0305. The Morgan fingerprint density at radius 1 is 1.45 bits per heavy atom. The van der Waals surface area contributed by atoms with Crippen molar-refractivity contribution in [3.8, 4) is 0 Å². The third-order valence-electron chi connectivity index (χ3n) is 4.92. The zero-order valence-corrected chi connectivity index (χ0v) is 16.6. The fraction of sp³-hybridized carbons (Fsp3) is 0.350. The minimum Gasteiger partial charge on any atom is -0.452 e. The zero-order chi connectivity index (χ0) is 23.0. The molecule has 3 rings (SSSR count). The summed E-state index contributed by atoms with van der Waals surface area (Å²) in [4.78, 5) is 36.4. The van der Waals surface area contributed by atoms with Crippen molar-refractivity contribution in [1.82, 2.24) is 9.55 Å². The number of aromatic nitrogens is 2. The quantitative estimate of drug-likeness (QED) is 0.590. The maximum absolute atomic E-state index is 13.3. The molecule has 0 saturated heterocycles. The molecule has 2 aromatic heterocycles. The first-order chi connectivity index (χ1) is 14.4. The summed E-state index contributed by atoms with van der Waals surface area (Å²) >= 11 is 0. The normalized spacial score (nSPS) is 21.0. The lowest BCUT2D eigenvalue weighted by atomic mass is 9.85. The molecule has 3 heterocycles. The van der Waals surface area contributed by atoms with Crippen LogP contribution >= 0.6 is 0 Å². The highest BCUT2D eigenvalue weighted by atomic mass is 19.4. The van der Waals surface area contributed by atoms with Crippen LogP contribution in [0.25, 0.3) is 4.85 Å². The number of amidine groups is 1. The molecule has 1 aliphatic heterocycles. The van der Waals surface area contributed by atoms with Gasteiger partial charge in [0.15, 0.2) is 11.9 Å². The number of nitrogens with two attached hydrogens (primary N) is 1. The molecule has 11 heteroatoms. The highest BCUT2D eigenvalue weighted by molar-refractivity contribution is 5.95. The summed E-state index contributed by atoms with van der Waals surface area (Å²) in [5.74, 6) is -0.380. The van der Waals surface area contributed by atoms with Crippen LogP contribution in [0, 0.1) is 6.57 Å². The largest absolute Gasteiger partial charge is 0.452 e. The van der Waals surface area contributed by atoms with E-state index in [1.165, 1.54) is 49.1 Å². The molecule has 8 nitrogen and oxygen atoms in total. The zero-order valence-electron chi connectivity index (χ0n) is 16.6. The van der Waals surface area contributed by atoms with Crippen LogP contribution in [0.1, 0.15) is 35.0 Å². The third-order valence-corrected chi connectivity index (χ3v) is 4.92. The number of halogens is 3. The standard InChI is InChI=1S/C20H18F3N5O3/c1-19(8-16(20(21,22)23)31-18(24)27-19)13-6-11(10-28(3)17(13)30)7-15(29)14-5-4-12(25-2)9-26-14/h4-6,9-10,16H,7-8H2,1,3H3,(H2,24,27)/t16-,19-/m0/s1. The average Bonchev–Trinajstić information content (AvgIpc) is 2.69. The van der Waals surface area contributed by atoms with Gasteiger partial charge in [-0.05, 0) is 24.6 Å². The van der Waals surface area contributed by atoms with E-state index in [-0.39, 0.29) is 29.1 Å². The highest BCUT2D eigenvalue weighted by Gasteiger charge is 2.50. The highest BCUT2D eigenvalue weighted by Crippen LogP contribution is 2.38. The van der Waals surface area contributed by atoms with Gasteiger partial charge in [0.05, 0.1) is 12.1 Å². The molecule has 0 spiro atoms. The molecule has 0 saturated carbocycles. The Bertz CT molecular complexity index is 1150. The molecule has 2 aromatic rings. The maximum Gasteiger partial charge on any atom is 0.425 e. The molecule has 162 valence electrons. The first-order valence-electron chi connectivity index (χ1n) is 9.08. The smallest absolute Gasteiger partial charge is 0.425 e. The predicted octanol–water partition coefficient (Wildman–Crippen LogP) is 2.64. The maximum atomic E-state index is 13.3. The van der Waals surface area contributed by atoms with Crippen molar-refractivity contribution in [1.29, 1.82) is 0 Å². The number of carbonyl (C=O) groups is 1. The topological polar surface area (TPSA) is 104 Å². The predicted molar refractivity (Wildman–Crippen MR) is 105 cm³/mol. The second-order valence-corrected chi connectivity index (χ2v) is 7.37. The van der Waals surface area contributed by atoms with Gasteiger partial charge in [0, 0.05) is 37.8 Å². The fourth-order valence-electron chi connectivity index (χ4n) is 3.37. The van der Waals surface area contributed by atoms with Crippen LogP contribution in [0.15, 0.2) is 40.4 Å². The molecule has 2 atom stereocenters. The second kappa shape index (κ2) is 7.86. The van der Waals surface area contributed by atoms with Crippen molar-refractivity contribution >= 4 is 17.5 Å². The van der Waals surface area contributed by atoms with Crippen LogP contribution < -0.4 is 11.3 Å². The van der Waals surface area contributed by atoms with E-state index < -0.39 is 35.8 Å². The van der Waals surface area contributed by atoms with Gasteiger partial charge in [-0.15, -0.1) is 0 Å². The summed E-state index contributed by atoms with van der Waals surface area (Å²) in [5, 5.41) is 0. The van der Waals surface area contributed by atoms with E-state index in [1.54, 1.807) is 0 Å². The van der Waals surface area contributed by atoms with Crippen LogP contribution in [0.2, 0.25) is 0 Å². The van der Waals surface area contributed by atoms with Crippen molar-refractivity contribution in [3.05, 3.63) is 69.2 Å². The summed E-state index contributed by atoms with van der Waals surface area (Å²) in [7, 11) is 1.43. The number of aliphatic imine (C=N–C) groups is 1. The van der Waals surface area contributed by atoms with Crippen molar-refractivity contribution in [3.63, 3.8) is 0 Å². The summed E-state index contributed by atoms with van der Waals surface area (Å²) in [5.41, 5.74) is 4.09. The Morgan fingerprint density at radius 2 is 2.16 bits per heavy atom. The molecule has 1 aliphatic rings. The minimum atomic E-state index is -4.69. The van der Waals surface area contributed by atoms with Gasteiger partial charge in [0.25, 0.3) is 11.6 Å². The molecule has 0 aromatic carbocycles. The summed E-state index contributed by atoms with van der Waals surface area (Å²) in [6, 6.07) is 3.57. The van der Waals surface area contributed by atoms with Gasteiger partial charge in [-0.25, -0.2) is 9.84 Å². The van der Waals surface area contributed by atoms with E-state index in [0.717, 1.165) is 0 Å². The lowest BCUT2D eigenvalue weighted by Gasteiger charge is -2.35. The monoisotopic (exact) mass is 433 g/mol. The van der Waals surface area contributed by atoms with Gasteiger partial charge in [-0.2, -0.15) is 13.2 Å². The molecular formula is C20H18F3N5O3. The van der Waals surface area contributed by atoms with Crippen molar-refractivity contribution in [2.24, 2.45) is 17.8 Å². The number of ether oxygens (including phenoxy) is 1. The number of alkyl halides is 3. The number of nitrogens with zero attached hydrogens (tertiary/aromatic N) is 4. The van der Waals surface area contributed by atoms with Crippen molar-refractivity contribution in [2.75, 3.05) is 0 Å². The lowest BCUT2D eigenvalue weighted by molar-refractivity contribution is -0.208. The Labute approximate surface area is 175 Å². The van der Waals surface area contributed by atoms with Crippen LogP contribution in [0.4, 0.5) is 18.9 Å². The number of rotatable bonds is 4. The number of ketones is 1. The molecular weight excluding hydrogens is 415 g/mol. The fourth-order valence-corrected chi connectivity index (χ4v) is 3.37. The van der Waals surface area contributed by atoms with Gasteiger partial charge in [-0.3, -0.25) is 14.6 Å². The van der Waals surface area contributed by atoms with Crippen LogP contribution in [0.3, 0.4) is 0 Å². The SMILES string of the molecule is [C-]#[N+]c1ccc(C(=O)Cc2cc([C@]3(C)C[C@@H](C(F)(F)F)OC(N)=N3)c(=O)n(C)c2)nc1. The van der Waals surface area contributed by atoms with Crippen LogP contribution in [0.5, 0.6) is 0 Å². The van der Waals surface area contributed by atoms with E-state index in [2.05, 4.69) is 19.6 Å². The number of hydrogen-bond donors (Lipinski definition) is 1.